The molecule has 105 radical (unpaired) electrons. The molecular formula is C34H11N8Y105-5. The fourth-order valence-electron chi connectivity index (χ4n) is 7.59. The number of fused-ring (bicyclic) bond motifs is 12. The molecule has 1 atom stereocenters. The molecule has 1 spiro atoms. The van der Waals surface area contributed by atoms with Crippen LogP contribution in [0.2, 0.25) is 0 Å². The molecule has 0 N–H and O–H groups in total. The second-order valence-electron chi connectivity index (χ2n) is 11.0. The molecule has 0 saturated carbocycles. The summed E-state index contributed by atoms with van der Waals surface area (Å²) in [7, 11) is 0. The monoisotopic (exact) mass is 9870 g/mol. The van der Waals surface area contributed by atoms with Gasteiger partial charge in [-0.2, -0.15) is 43.0 Å². The van der Waals surface area contributed by atoms with Crippen LogP contribution in [-0.2, 0) is 3440 Å². The molecule has 8 heterocycles. The Labute approximate surface area is 3530 Å². The van der Waals surface area contributed by atoms with Crippen LogP contribution in [0.5, 0.6) is 0 Å². The van der Waals surface area contributed by atoms with Gasteiger partial charge in [0.05, 0.1) is 11.3 Å². The maximum Gasteiger partial charge on any atom is 0.341 e. The maximum absolute atomic E-state index is 5.38. The molecule has 6 aliphatic rings. The molecule has 6 aliphatic heterocycles. The van der Waals surface area contributed by atoms with Crippen molar-refractivity contribution < 1.29 is 3440 Å². The van der Waals surface area contributed by atoms with E-state index in [0.29, 0.717) is 0 Å². The first-order valence-electron chi connectivity index (χ1n) is 13.6. The van der Waals surface area contributed by atoms with E-state index in [4.69, 9.17) is 20.0 Å². The van der Waals surface area contributed by atoms with Crippen molar-refractivity contribution >= 4 is 56.5 Å². The standard InChI is InChI=1S/C34H11N8.105Y/c1-17-9-8-16-24-25(17)33-38-31-23-15-7-6-14-22(23)29-36-27-19-11-3-2-10-18(19)26-35-28-20-12-4-5-13-21(20)30-37-32(24)42(33)34(39(26)27,40(28)30)41(29)31;;;;;;;;;;;;;;;;;;;;;;;;;;;;;;;;;;;;;;;;;;;;;;;;;;;;;;;;;;;;;;;;;;;;;;;;;;;;;;;;;;;;;;;;;;;;;;;;;;;;;;;;;/h2-9H,1H3;;;;;;;;;;;;;;;;;;;;;;;;;;;;;;;;;;;;;;;;;;;;;;;;;;;;;;;;;;;;;;;;;;;;;;;;;;;;;;;;;;;;;;;;;;;;;;;;;;;;;;;;;/q-5;;;;;;;;;;;;;;;;;;;;;;;;;;;;;;;;;;;;;;;;;;;;;;;;;;;;;;;;;;;;;;;;;;;;;;;;;;;;;;;;;;;;;;;;;;;;;;;;;;;;;;;;;. The van der Waals surface area contributed by atoms with Gasteiger partial charge in [0.25, 0.3) is 0 Å². The molecule has 113 heteroatoms. The van der Waals surface area contributed by atoms with Gasteiger partial charge in [-0.3, -0.25) is 18.7 Å². The van der Waals surface area contributed by atoms with Crippen LogP contribution in [0, 0.1) is 49.4 Å². The Kier molecular flexibility index (Phi) is 1830. The number of hydrogen-bond donors (Lipinski definition) is 0. The summed E-state index contributed by atoms with van der Waals surface area (Å²) < 4.78 is 8.86. The molecule has 4 aromatic carbocycles. The maximum atomic E-state index is 5.38. The molecule has 8 nitrogen and oxygen atoms in total. The Hall–Kier alpha value is 110. The number of benzene rings is 4. The number of aryl methyl sites for hydroxylation is 1. The molecule has 0 amide bonds. The van der Waals surface area contributed by atoms with E-state index in [1.165, 1.54) is 0 Å². The van der Waals surface area contributed by atoms with E-state index >= 15 is 0 Å². The van der Waals surface area contributed by atoms with Gasteiger partial charge in [0, 0.05) is 3440 Å². The van der Waals surface area contributed by atoms with Crippen molar-refractivity contribution in [3.63, 3.8) is 0 Å². The van der Waals surface area contributed by atoms with E-state index in [-0.39, 0.29) is 3430 Å². The molecular weight excluding hydrogens is 9860 g/mol. The summed E-state index contributed by atoms with van der Waals surface area (Å²) in [4.78, 5) is 21.3. The van der Waals surface area contributed by atoms with E-state index < -0.39 is 5.91 Å². The fraction of sp³-hybridized carbons (Fsp3) is 0.0588. The van der Waals surface area contributed by atoms with E-state index in [1.54, 1.807) is 0 Å². The molecule has 1 unspecified atom stereocenters. The normalized spacial score (nSPS) is 5.88. The second kappa shape index (κ2) is 425. The molecule has 0 saturated heterocycles. The first-order valence-corrected chi connectivity index (χ1v) is 13.6. The molecule has 2 aromatic heterocycles. The minimum atomic E-state index is -1.07. The van der Waals surface area contributed by atoms with Gasteiger partial charge in [0.2, 0.25) is 0 Å². The molecule has 0 fully saturated rings. The summed E-state index contributed by atoms with van der Waals surface area (Å²) in [6, 6.07) is 39.6. The molecule has 507 valence electrons. The minimum Gasteiger partial charge on any atom is -0.311 e. The quantitative estimate of drug-likeness (QED) is 0.166. The number of hydrogen-bond acceptors (Lipinski definition) is 4. The summed E-state index contributed by atoms with van der Waals surface area (Å²) in [5.74, 6) is 3.51. The van der Waals surface area contributed by atoms with Crippen LogP contribution in [0.15, 0.2) is 68.5 Å². The van der Waals surface area contributed by atoms with Crippen molar-refractivity contribution in [1.29, 1.82) is 0 Å². The van der Waals surface area contributed by atoms with Crippen molar-refractivity contribution in [2.24, 2.45) is 20.0 Å². The fourth-order valence-corrected chi connectivity index (χ4v) is 7.59. The van der Waals surface area contributed by atoms with Crippen LogP contribution in [0.4, 0.5) is 11.6 Å². The Balaban J connectivity index is -0.00000000291. The molecule has 147 heavy (non-hydrogen) atoms. The summed E-state index contributed by atoms with van der Waals surface area (Å²) in [6.45, 7) is 2.12. The summed E-state index contributed by atoms with van der Waals surface area (Å²) in [6.07, 6.45) is 0. The third-order valence-electron chi connectivity index (χ3n) is 9.10. The average molecular weight is 9870 g/mol. The van der Waals surface area contributed by atoms with Crippen LogP contribution in [-0.4, -0.2) is 41.6 Å². The predicted molar refractivity (Wildman–Crippen MR) is 150 cm³/mol. The third kappa shape index (κ3) is 243. The number of aliphatic imine (C=N–C) groups is 2. The van der Waals surface area contributed by atoms with Crippen molar-refractivity contribution in [2.75, 3.05) is 0 Å². The molecule has 6 aromatic rings. The van der Waals surface area contributed by atoms with Gasteiger partial charge in [0.1, 0.15) is 29.2 Å². The molecule has 12 rings (SSSR count). The van der Waals surface area contributed by atoms with E-state index in [1.807, 2.05) is 42.5 Å². The zero-order valence-electron chi connectivity index (χ0n) is 82.3. The number of nitrogens with zero attached hydrogens (tertiary/aromatic N) is 8. The first-order chi connectivity index (χ1) is 20.8. The number of amidine groups is 4. The van der Waals surface area contributed by atoms with E-state index in [2.05, 4.69) is 73.7 Å². The summed E-state index contributed by atoms with van der Waals surface area (Å²) >= 11 is 0. The van der Waals surface area contributed by atoms with Crippen LogP contribution in [0.3, 0.4) is 0 Å². The Morgan fingerprint density at radius 2 is 0.333 bits per heavy atom. The van der Waals surface area contributed by atoms with Crippen molar-refractivity contribution in [2.45, 2.75) is 12.8 Å². The van der Waals surface area contributed by atoms with Crippen LogP contribution in [0.25, 0.3) is 21.5 Å². The van der Waals surface area contributed by atoms with Crippen LogP contribution in [0.1, 0.15) is 27.8 Å². The van der Waals surface area contributed by atoms with Gasteiger partial charge in [-0.25, -0.2) is 77.8 Å². The molecule has 0 aliphatic carbocycles. The van der Waals surface area contributed by atoms with Crippen LogP contribution < -0.4 is 11.0 Å². The average Bonchev–Trinajstić information content (AvgIpc) is 3.74. The Morgan fingerprint density at radius 3 is 0.537 bits per heavy atom. The minimum absolute atomic E-state index is 0. The predicted octanol–water partition coefficient (Wildman–Crippen LogP) is 2.35. The van der Waals surface area contributed by atoms with Crippen molar-refractivity contribution in [3.8, 4) is 0 Å². The van der Waals surface area contributed by atoms with E-state index in [9.17, 15) is 0 Å². The van der Waals surface area contributed by atoms with Gasteiger partial charge in [-0.1, -0.05) is 17.7 Å². The van der Waals surface area contributed by atoms with Gasteiger partial charge in [0.15, 0.2) is 0 Å². The first kappa shape index (κ1) is 634. The van der Waals surface area contributed by atoms with Crippen molar-refractivity contribution in [1.82, 2.24) is 9.13 Å². The Bertz CT molecular complexity index is 2820. The van der Waals surface area contributed by atoms with Gasteiger partial charge >= 0.3 is 5.91 Å². The van der Waals surface area contributed by atoms with Crippen molar-refractivity contribution in [3.05, 3.63) is 130 Å². The third-order valence-corrected chi connectivity index (χ3v) is 9.10. The number of rotatable bonds is 0. The second-order valence-corrected chi connectivity index (χ2v) is 11.0. The largest absolute Gasteiger partial charge is 0.341 e. The smallest absolute Gasteiger partial charge is 0.311 e. The van der Waals surface area contributed by atoms with Gasteiger partial charge in [-0.15, -0.1) is 23.8 Å². The summed E-state index contributed by atoms with van der Waals surface area (Å²) in [5, 5.41) is 3.65. The summed E-state index contributed by atoms with van der Waals surface area (Å²) in [5.41, 5.74) is 6.03. The zero-order chi connectivity index (χ0) is 27.1. The molecule has 0 bridgehead atoms. The topological polar surface area (TPSA) is 65.3 Å². The zero-order valence-corrected chi connectivity index (χ0v) is 380. The van der Waals surface area contributed by atoms with E-state index in [0.717, 1.165) is 95.3 Å². The Morgan fingerprint density at radius 1 is 0.170 bits per heavy atom. The number of aromatic nitrogens is 2. The van der Waals surface area contributed by atoms with Gasteiger partial charge in [-0.05, 0) is 0 Å². The van der Waals surface area contributed by atoms with Crippen LogP contribution >= 0.6 is 0 Å². The van der Waals surface area contributed by atoms with Gasteiger partial charge < -0.3 is 4.57 Å². The SMILES string of the molecule is Cc1cc[c-]c2c3n4c(c12)N=c1c2[c-]cc[c-]c2c2n1C41[N+]4=C(N=C5c6[c-]cc[c-]c6C(=[N+]51)N=2)c1[c-]cc[c-]c1C4=N3.[Y].[Y].[Y].[Y].[Y].[Y].[Y].[Y].[Y].[Y].[Y].[Y].[Y].[Y].[Y].[Y].[Y].[Y].[Y].[Y].[Y].[Y].[Y].[Y].[Y].[Y].[Y].[Y].[Y].[Y].[Y].[Y].[Y].[Y].[Y].[Y].[Y].[Y].[Y].[Y].[Y].[Y].[Y].[Y].[Y].[Y].[Y].[Y].[Y].[Y].[Y].[Y].[Y].[Y].[Y].[Y].[Y].[Y].[Y].[Y].[Y].[Y].[Y].[Y].[Y].[Y].[Y].[Y].[Y].[Y].[Y].[Y].[Y].[Y].[Y].[Y].[Y].[Y].[Y].[Y].[Y].[Y].[Y].[Y].[Y].[Y].[Y].[Y].[Y].[Y].[Y].[Y].[Y].[Y].[Y].[Y].[Y].[Y].[Y].[Y].[Y].[Y].[Y].[Y].[Y].